The first-order valence-electron chi connectivity index (χ1n) is 6.47. The number of carbonyl (C=O) groups is 2. The molecule has 0 aromatic carbocycles. The maximum absolute atomic E-state index is 12.6. The van der Waals surface area contributed by atoms with Gasteiger partial charge in [-0.1, -0.05) is 13.3 Å². The molecule has 0 aliphatic heterocycles. The van der Waals surface area contributed by atoms with Crippen LogP contribution in [0, 0.1) is 24.7 Å². The number of ketones is 1. The number of rotatable bonds is 4. The molecule has 0 saturated heterocycles. The molecule has 3 nitrogen and oxygen atoms in total. The number of hydrogen-bond acceptors (Lipinski definition) is 3. The van der Waals surface area contributed by atoms with E-state index in [1.807, 2.05) is 13.0 Å². The second-order valence-electron chi connectivity index (χ2n) is 5.18. The number of aryl methyl sites for hydroxylation is 1. The van der Waals surface area contributed by atoms with Gasteiger partial charge in [0.05, 0.1) is 9.70 Å². The van der Waals surface area contributed by atoms with Crippen LogP contribution in [0.4, 0.5) is 0 Å². The van der Waals surface area contributed by atoms with Gasteiger partial charge < -0.3 is 5.11 Å². The van der Waals surface area contributed by atoms with E-state index in [2.05, 4.69) is 22.9 Å². The summed E-state index contributed by atoms with van der Waals surface area (Å²) in [6.07, 6.45) is 2.28. The van der Waals surface area contributed by atoms with Crippen molar-refractivity contribution < 1.29 is 14.7 Å². The summed E-state index contributed by atoms with van der Waals surface area (Å²) < 4.78 is 0.922. The molecule has 1 aliphatic carbocycles. The van der Waals surface area contributed by atoms with Crippen LogP contribution >= 0.6 is 27.3 Å². The second kappa shape index (κ2) is 5.75. The van der Waals surface area contributed by atoms with E-state index in [0.717, 1.165) is 15.1 Å². The highest BCUT2D eigenvalue weighted by atomic mass is 79.9. The van der Waals surface area contributed by atoms with Gasteiger partial charge in [0.2, 0.25) is 0 Å². The van der Waals surface area contributed by atoms with E-state index in [-0.39, 0.29) is 11.7 Å². The number of aliphatic carboxylic acids is 1. The van der Waals surface area contributed by atoms with E-state index in [1.165, 1.54) is 11.3 Å². The summed E-state index contributed by atoms with van der Waals surface area (Å²) in [4.78, 5) is 24.9. The maximum Gasteiger partial charge on any atom is 0.307 e. The summed E-state index contributed by atoms with van der Waals surface area (Å²) in [5.41, 5.74) is 0.685. The van der Waals surface area contributed by atoms with E-state index in [1.54, 1.807) is 0 Å². The molecule has 1 aliphatic rings. The molecule has 3 unspecified atom stereocenters. The number of carbonyl (C=O) groups excluding carboxylic acids is 1. The fourth-order valence-electron chi connectivity index (χ4n) is 2.93. The van der Waals surface area contributed by atoms with Crippen LogP contribution in [0.3, 0.4) is 0 Å². The summed E-state index contributed by atoms with van der Waals surface area (Å²) in [5.74, 6) is -1.35. The molecular formula is C14H17BrO3S. The van der Waals surface area contributed by atoms with Gasteiger partial charge in [0.15, 0.2) is 5.78 Å². The highest BCUT2D eigenvalue weighted by Crippen LogP contribution is 2.41. The Balaban J connectivity index is 2.26. The summed E-state index contributed by atoms with van der Waals surface area (Å²) >= 11 is 4.90. The monoisotopic (exact) mass is 344 g/mol. The van der Waals surface area contributed by atoms with Gasteiger partial charge in [-0.15, -0.1) is 11.3 Å². The molecule has 1 heterocycles. The number of carboxylic acids is 1. The van der Waals surface area contributed by atoms with Crippen molar-refractivity contribution in [2.75, 3.05) is 0 Å². The summed E-state index contributed by atoms with van der Waals surface area (Å²) in [7, 11) is 0. The standard InChI is InChI=1S/C14H17BrO3S/c1-3-8-4-10(11(5-8)14(17)18)13(16)9-6-12(15)19-7(9)2/h6,8,10-11H,3-5H2,1-2H3,(H,17,18). The van der Waals surface area contributed by atoms with Crippen molar-refractivity contribution in [2.24, 2.45) is 17.8 Å². The Hall–Kier alpha value is -0.680. The van der Waals surface area contributed by atoms with Crippen molar-refractivity contribution in [3.05, 3.63) is 20.3 Å². The molecule has 0 bridgehead atoms. The first kappa shape index (κ1) is 14.7. The quantitative estimate of drug-likeness (QED) is 0.835. The molecule has 0 spiro atoms. The zero-order valence-electron chi connectivity index (χ0n) is 11.0. The lowest BCUT2D eigenvalue weighted by Gasteiger charge is -2.14. The molecule has 1 aromatic heterocycles. The third-order valence-corrected chi connectivity index (χ3v) is 5.60. The summed E-state index contributed by atoms with van der Waals surface area (Å²) in [6.45, 7) is 3.97. The Kier molecular flexibility index (Phi) is 4.46. The molecule has 0 radical (unpaired) electrons. The molecule has 104 valence electrons. The first-order chi connectivity index (χ1) is 8.93. The van der Waals surface area contributed by atoms with Crippen molar-refractivity contribution in [1.29, 1.82) is 0 Å². The lowest BCUT2D eigenvalue weighted by atomic mass is 9.88. The van der Waals surface area contributed by atoms with E-state index >= 15 is 0 Å². The zero-order valence-corrected chi connectivity index (χ0v) is 13.4. The third kappa shape index (κ3) is 2.92. The molecule has 1 fully saturated rings. The highest BCUT2D eigenvalue weighted by molar-refractivity contribution is 9.11. The largest absolute Gasteiger partial charge is 0.481 e. The SMILES string of the molecule is CCC1CC(C(=O)O)C(C(=O)c2cc(Br)sc2C)C1. The van der Waals surface area contributed by atoms with Crippen LogP contribution in [0.25, 0.3) is 0 Å². The second-order valence-corrected chi connectivity index (χ2v) is 7.82. The van der Waals surface area contributed by atoms with Gasteiger partial charge in [0.25, 0.3) is 0 Å². The van der Waals surface area contributed by atoms with Gasteiger partial charge in [0, 0.05) is 16.4 Å². The molecule has 1 N–H and O–H groups in total. The minimum Gasteiger partial charge on any atom is -0.481 e. The zero-order chi connectivity index (χ0) is 14.2. The molecular weight excluding hydrogens is 328 g/mol. The molecule has 5 heteroatoms. The average molecular weight is 345 g/mol. The summed E-state index contributed by atoms with van der Waals surface area (Å²) in [6, 6.07) is 1.82. The van der Waals surface area contributed by atoms with Crippen LogP contribution in [0.5, 0.6) is 0 Å². The average Bonchev–Trinajstić information content (AvgIpc) is 2.91. The fourth-order valence-corrected chi connectivity index (χ4v) is 4.63. The molecule has 1 saturated carbocycles. The Morgan fingerprint density at radius 1 is 1.42 bits per heavy atom. The van der Waals surface area contributed by atoms with E-state index in [9.17, 15) is 14.7 Å². The summed E-state index contributed by atoms with van der Waals surface area (Å²) in [5, 5.41) is 9.31. The minimum absolute atomic E-state index is 0.00259. The molecule has 0 amide bonds. The molecule has 2 rings (SSSR count). The maximum atomic E-state index is 12.6. The molecule has 19 heavy (non-hydrogen) atoms. The Morgan fingerprint density at radius 3 is 2.53 bits per heavy atom. The minimum atomic E-state index is -0.832. The number of Topliss-reactive ketones (excluding diaryl/α,β-unsaturated/α-hetero) is 1. The number of thiophene rings is 1. The predicted octanol–water partition coefficient (Wildman–Crippen LogP) is 4.14. The van der Waals surface area contributed by atoms with Crippen molar-refractivity contribution >= 4 is 39.0 Å². The number of hydrogen-bond donors (Lipinski definition) is 1. The third-order valence-electron chi connectivity index (χ3n) is 4.04. The topological polar surface area (TPSA) is 54.4 Å². The van der Waals surface area contributed by atoms with Crippen LogP contribution in [0.15, 0.2) is 9.85 Å². The fraction of sp³-hybridized carbons (Fsp3) is 0.571. The van der Waals surface area contributed by atoms with Gasteiger partial charge in [-0.2, -0.15) is 0 Å². The smallest absolute Gasteiger partial charge is 0.307 e. The van der Waals surface area contributed by atoms with E-state index < -0.39 is 11.9 Å². The van der Waals surface area contributed by atoms with Gasteiger partial charge >= 0.3 is 5.97 Å². The van der Waals surface area contributed by atoms with Crippen molar-refractivity contribution in [2.45, 2.75) is 33.1 Å². The lowest BCUT2D eigenvalue weighted by Crippen LogP contribution is -2.25. The van der Waals surface area contributed by atoms with Crippen LogP contribution < -0.4 is 0 Å². The van der Waals surface area contributed by atoms with Crippen LogP contribution in [-0.2, 0) is 4.79 Å². The molecule has 1 aromatic rings. The van der Waals surface area contributed by atoms with E-state index in [4.69, 9.17) is 0 Å². The number of halogens is 1. The van der Waals surface area contributed by atoms with Crippen molar-refractivity contribution in [1.82, 2.24) is 0 Å². The van der Waals surface area contributed by atoms with Gasteiger partial charge in [-0.3, -0.25) is 9.59 Å². The predicted molar refractivity (Wildman–Crippen MR) is 78.7 cm³/mol. The Morgan fingerprint density at radius 2 is 2.05 bits per heavy atom. The van der Waals surface area contributed by atoms with Crippen LogP contribution in [0.2, 0.25) is 0 Å². The Labute approximate surface area is 125 Å². The van der Waals surface area contributed by atoms with Gasteiger partial charge in [-0.25, -0.2) is 0 Å². The molecule has 3 atom stereocenters. The highest BCUT2D eigenvalue weighted by Gasteiger charge is 2.42. The van der Waals surface area contributed by atoms with Gasteiger partial charge in [-0.05, 0) is 47.7 Å². The van der Waals surface area contributed by atoms with Gasteiger partial charge in [0.1, 0.15) is 0 Å². The van der Waals surface area contributed by atoms with E-state index in [0.29, 0.717) is 24.3 Å². The lowest BCUT2D eigenvalue weighted by molar-refractivity contribution is -0.142. The Bertz CT molecular complexity index is 509. The van der Waals surface area contributed by atoms with Crippen molar-refractivity contribution in [3.63, 3.8) is 0 Å². The van der Waals surface area contributed by atoms with Crippen molar-refractivity contribution in [3.8, 4) is 0 Å². The normalized spacial score (nSPS) is 26.6. The van der Waals surface area contributed by atoms with Crippen LogP contribution in [0.1, 0.15) is 41.4 Å². The first-order valence-corrected chi connectivity index (χ1v) is 8.07. The number of carboxylic acid groups (broad SMARTS) is 1. The van der Waals surface area contributed by atoms with Crippen LogP contribution in [-0.4, -0.2) is 16.9 Å².